The van der Waals surface area contributed by atoms with E-state index >= 15 is 0 Å². The Bertz CT molecular complexity index is 3570. The van der Waals surface area contributed by atoms with Crippen molar-refractivity contribution in [2.45, 2.75) is 25.3 Å². The molecular weight excluding hydrogens is 1460 g/mol. The molecule has 11 aliphatic heterocycles. The van der Waals surface area contributed by atoms with Gasteiger partial charge >= 0.3 is 0 Å². The molecule has 1 fully saturated rings. The molecule has 4 aromatic rings. The van der Waals surface area contributed by atoms with E-state index in [0.717, 1.165) is 0 Å². The molecule has 14 N–H and O–H groups in total. The van der Waals surface area contributed by atoms with Crippen molar-refractivity contribution in [2.24, 2.45) is 5.73 Å². The first-order valence-corrected chi connectivity index (χ1v) is 32.5. The molecule has 4 aromatic heterocycles. The Labute approximate surface area is 591 Å². The number of pyridine rings is 4. The zero-order valence-corrected chi connectivity index (χ0v) is 56.6. The van der Waals surface area contributed by atoms with Gasteiger partial charge in [0.15, 0.2) is 18.6 Å². The van der Waals surface area contributed by atoms with E-state index in [0.29, 0.717) is 123 Å². The van der Waals surface area contributed by atoms with Gasteiger partial charge in [0.25, 0.3) is 47.3 Å². The number of nitrogens with zero attached hydrogens (tertiary/aromatic N) is 10. The number of carbonyl (C=O) groups is 8. The summed E-state index contributed by atoms with van der Waals surface area (Å²) in [5.74, 6) is -5.28. The zero-order valence-electron chi connectivity index (χ0n) is 51.7. The van der Waals surface area contributed by atoms with Crippen molar-refractivity contribution in [1.82, 2.24) is 90.9 Å². The molecule has 7 atom stereocenters. The molecule has 36 heteroatoms. The van der Waals surface area contributed by atoms with Crippen LogP contribution in [-0.4, -0.2) is 293 Å². The van der Waals surface area contributed by atoms with E-state index < -0.39 is 53.3 Å². The second-order valence-electron chi connectivity index (χ2n) is 22.8. The maximum Gasteiger partial charge on any atom is 0.271 e. The van der Waals surface area contributed by atoms with Gasteiger partial charge in [0, 0.05) is 207 Å². The summed E-state index contributed by atoms with van der Waals surface area (Å²) in [4.78, 5) is 124. The van der Waals surface area contributed by atoms with Crippen molar-refractivity contribution in [1.29, 1.82) is 0 Å². The van der Waals surface area contributed by atoms with Crippen LogP contribution in [0.1, 0.15) is 103 Å². The monoisotopic (exact) mass is 1540 g/mol. The van der Waals surface area contributed by atoms with Gasteiger partial charge in [-0.15, -0.1) is 0 Å². The van der Waals surface area contributed by atoms with Gasteiger partial charge in [0.1, 0.15) is 22.8 Å². The van der Waals surface area contributed by atoms with Crippen LogP contribution in [0.5, 0.6) is 0 Å². The summed E-state index contributed by atoms with van der Waals surface area (Å²) in [6.07, 6.45) is 1.51. The van der Waals surface area contributed by atoms with Gasteiger partial charge in [-0.2, -0.15) is 18.9 Å². The molecule has 6 unspecified atom stereocenters. The van der Waals surface area contributed by atoms with Gasteiger partial charge in [-0.25, -0.2) is 0 Å². The molecule has 0 aromatic carbocycles. The summed E-state index contributed by atoms with van der Waals surface area (Å²) in [6.45, 7) is 6.39. The van der Waals surface area contributed by atoms with Gasteiger partial charge in [-0.05, 0) is 67.9 Å². The summed E-state index contributed by atoms with van der Waals surface area (Å²) in [5, 5.41) is 68.6. The van der Waals surface area contributed by atoms with Crippen molar-refractivity contribution in [3.63, 3.8) is 0 Å². The van der Waals surface area contributed by atoms with E-state index in [9.17, 15) is 59.2 Å². The van der Waals surface area contributed by atoms with Crippen LogP contribution < -0.4 is 48.3 Å². The van der Waals surface area contributed by atoms with Gasteiger partial charge in [0.2, 0.25) is 0 Å². The first-order chi connectivity index (χ1) is 44.7. The number of unbranched alkanes of at least 4 members (excludes halogenated alkanes) is 1. The van der Waals surface area contributed by atoms with Gasteiger partial charge < -0.3 is 69.1 Å². The molecule has 0 spiro atoms. The summed E-state index contributed by atoms with van der Waals surface area (Å²) >= 11 is 22.3. The van der Waals surface area contributed by atoms with Crippen LogP contribution in [0.2, 0.25) is 0 Å². The molecule has 15 rings (SSSR count). The molecule has 8 amide bonds. The van der Waals surface area contributed by atoms with Gasteiger partial charge in [-0.3, -0.25) is 67.8 Å². The van der Waals surface area contributed by atoms with Crippen LogP contribution in [-0.2, 0) is 0 Å². The second-order valence-corrected chi connectivity index (χ2v) is 24.3. The zero-order chi connectivity index (χ0) is 66.7. The van der Waals surface area contributed by atoms with Gasteiger partial charge in [-0.1, -0.05) is 55.3 Å². The van der Waals surface area contributed by atoms with Crippen molar-refractivity contribution in [2.75, 3.05) is 170 Å². The molecule has 94 heavy (non-hydrogen) atoms. The number of nitrogens with one attached hydrogen (secondary N) is 8. The first kappa shape index (κ1) is 74.8. The Kier molecular flexibility index (Phi) is 29.0. The SMILES string of the molecule is NCCCC[C@H]1CN2CCNC(=O)c3ccc(c(=S)n3O)C(=O)NCCN3CCN4CCNC(=O)c5ccc(n(O)c5=S)C(=O)NCCN(CCNC(=O)c5ccc(c(=S)n5O)C(=O)NCCN(CC4)CCN(CCNC(=O)c4ccc(n(O)c4=S)C(=O)N1)CC3)CC2.[Lu]. The second kappa shape index (κ2) is 36.5. The third-order valence-electron chi connectivity index (χ3n) is 16.6. The maximum atomic E-state index is 14.3. The molecule has 15 heterocycles. The molecule has 1 saturated heterocycles. The third kappa shape index (κ3) is 20.2. The fourth-order valence-corrected chi connectivity index (χ4v) is 12.2. The minimum Gasteiger partial charge on any atom is -0.427 e. The summed E-state index contributed by atoms with van der Waals surface area (Å²) < 4.78 is 0.706. The summed E-state index contributed by atoms with van der Waals surface area (Å²) in [5.41, 5.74) is 4.71. The van der Waals surface area contributed by atoms with Gasteiger partial charge in [0.05, 0.1) is 22.3 Å². The maximum absolute atomic E-state index is 14.3. The van der Waals surface area contributed by atoms with Crippen LogP contribution in [0, 0.1) is 55.4 Å². The Morgan fingerprint density at radius 1 is 0.340 bits per heavy atom. The smallest absolute Gasteiger partial charge is 0.271 e. The van der Waals surface area contributed by atoms with Crippen molar-refractivity contribution < 1.29 is 96.1 Å². The van der Waals surface area contributed by atoms with Crippen LogP contribution in [0.15, 0.2) is 48.5 Å². The quantitative estimate of drug-likeness (QED) is 0.0666. The standard InChI is InChI=1S/C58H81N19O12S4.Lu/c59-12-2-1-3-38-37-73-26-19-66-53(84)45-10-6-41(57(92)76(45)88)49(80)62-15-24-71-30-28-69-22-13-60-47(78)39-4-8-43(74(86)55(39)90)51(82)64-17-20-68(35-36-73)21-18-65-52(83)44-9-5-40(56(91)75(44)87)48(79)61-14-23-70(29-27-69)31-33-72(34-32-71)25-16-63-50(81)42-7-11-46(54(85)67-38)77(89)58(42)93;/h4-11,38,86-89H,1-3,12-37,59H2,(H,60,78)(H,61,79)(H,62,80)(H,63,81)(H,64,82)(H,65,83)(H,66,84)(H,67,85);/t38-;/m0./s1. The normalized spacial score (nSPS) is 23.5. The molecule has 11 aliphatic rings. The molecule has 14 bridgehead atoms. The Morgan fingerprint density at radius 3 is 0.851 bits per heavy atom. The van der Waals surface area contributed by atoms with E-state index in [-0.39, 0.29) is 186 Å². The third-order valence-corrected chi connectivity index (χ3v) is 18.2. The molecule has 1 radical (unpaired) electrons. The Hall–Kier alpha value is -6.61. The summed E-state index contributed by atoms with van der Waals surface area (Å²) in [7, 11) is 0. The predicted octanol–water partition coefficient (Wildman–Crippen LogP) is -0.937. The van der Waals surface area contributed by atoms with E-state index in [1.54, 1.807) is 0 Å². The molecule has 0 saturated carbocycles. The summed E-state index contributed by atoms with van der Waals surface area (Å²) in [6, 6.07) is 9.97. The minimum absolute atomic E-state index is 0. The molecule has 519 valence electrons. The number of aromatic nitrogens is 4. The van der Waals surface area contributed by atoms with Crippen molar-refractivity contribution in [3.8, 4) is 0 Å². The van der Waals surface area contributed by atoms with E-state index in [2.05, 4.69) is 62.1 Å². The number of rotatable bonds is 4. The Morgan fingerprint density at radius 2 is 0.574 bits per heavy atom. The average molecular weight is 1540 g/mol. The predicted molar refractivity (Wildman–Crippen MR) is 349 cm³/mol. The number of hydrogen-bond donors (Lipinski definition) is 13. The fraction of sp³-hybridized carbons (Fsp3) is 0.517. The van der Waals surface area contributed by atoms with Crippen LogP contribution >= 0.6 is 48.9 Å². The van der Waals surface area contributed by atoms with E-state index in [1.807, 2.05) is 9.80 Å². The van der Waals surface area contributed by atoms with Crippen molar-refractivity contribution >= 4 is 96.1 Å². The molecule has 31 nitrogen and oxygen atoms in total. The molecular formula is C58H81LuN19O12S4. The number of carbonyl (C=O) groups excluding carboxylic acids is 8. The average Bonchev–Trinajstić information content (AvgIpc) is 1.03. The number of fused-ring (bicyclic) bond motifs is 3. The van der Waals surface area contributed by atoms with Crippen LogP contribution in [0.3, 0.4) is 0 Å². The number of amides is 8. The van der Waals surface area contributed by atoms with Crippen LogP contribution in [0.4, 0.5) is 0 Å². The van der Waals surface area contributed by atoms with Crippen LogP contribution in [0.25, 0.3) is 0 Å². The van der Waals surface area contributed by atoms with Crippen molar-refractivity contribution in [3.05, 3.63) is 112 Å². The first-order valence-electron chi connectivity index (χ1n) is 30.9. The van der Waals surface area contributed by atoms with E-state index in [1.165, 1.54) is 48.5 Å². The fourth-order valence-electron chi connectivity index (χ4n) is 11.1. The van der Waals surface area contributed by atoms with E-state index in [4.69, 9.17) is 54.6 Å². The largest absolute Gasteiger partial charge is 0.427 e. The topological polar surface area (TPSA) is 379 Å². The Balaban J connectivity index is 0.0000125. The minimum atomic E-state index is -0.732. The number of nitrogens with two attached hydrogens (primary N) is 1. The number of hydrogen-bond acceptors (Lipinski definition) is 23. The molecule has 0 aliphatic carbocycles.